The Bertz CT molecular complexity index is 425. The number of methoxy groups -OCH3 is 1. The van der Waals surface area contributed by atoms with Crippen LogP contribution in [0.2, 0.25) is 0 Å². The Hall–Kier alpha value is -1.06. The van der Waals surface area contributed by atoms with Crippen LogP contribution in [0.25, 0.3) is 0 Å². The molecule has 3 heteroatoms. The van der Waals surface area contributed by atoms with Gasteiger partial charge in [0, 0.05) is 6.61 Å². The molecule has 0 aliphatic heterocycles. The highest BCUT2D eigenvalue weighted by Crippen LogP contribution is 2.41. The van der Waals surface area contributed by atoms with Crippen molar-refractivity contribution in [1.82, 2.24) is 5.32 Å². The molecule has 0 amide bonds. The van der Waals surface area contributed by atoms with E-state index >= 15 is 0 Å². The van der Waals surface area contributed by atoms with E-state index in [4.69, 9.17) is 9.47 Å². The van der Waals surface area contributed by atoms with E-state index < -0.39 is 0 Å². The van der Waals surface area contributed by atoms with Crippen LogP contribution in [0.3, 0.4) is 0 Å². The molecule has 1 saturated carbocycles. The lowest BCUT2D eigenvalue weighted by Crippen LogP contribution is -2.45. The van der Waals surface area contributed by atoms with Crippen LogP contribution >= 0.6 is 0 Å². The maximum absolute atomic E-state index is 6.33. The minimum Gasteiger partial charge on any atom is -0.497 e. The van der Waals surface area contributed by atoms with Crippen molar-refractivity contribution >= 4 is 0 Å². The SMILES string of the molecule is CCOC1(C(NC)c2cccc(OC)c2)CCCCCC1. The third kappa shape index (κ3) is 3.78. The molecule has 1 aromatic carbocycles. The van der Waals surface area contributed by atoms with Crippen molar-refractivity contribution < 1.29 is 9.47 Å². The van der Waals surface area contributed by atoms with Crippen LogP contribution in [-0.2, 0) is 4.74 Å². The minimum absolute atomic E-state index is 0.0909. The van der Waals surface area contributed by atoms with E-state index in [1.807, 2.05) is 13.1 Å². The molecule has 1 atom stereocenters. The number of ether oxygens (including phenoxy) is 2. The predicted molar refractivity (Wildman–Crippen MR) is 86.9 cm³/mol. The van der Waals surface area contributed by atoms with Crippen LogP contribution in [0.1, 0.15) is 57.1 Å². The monoisotopic (exact) mass is 291 g/mol. The Balaban J connectivity index is 2.33. The van der Waals surface area contributed by atoms with Gasteiger partial charge in [-0.3, -0.25) is 0 Å². The highest BCUT2D eigenvalue weighted by Gasteiger charge is 2.40. The normalized spacial score (nSPS) is 19.8. The molecule has 0 aromatic heterocycles. The van der Waals surface area contributed by atoms with E-state index in [2.05, 4.69) is 30.4 Å². The molecule has 21 heavy (non-hydrogen) atoms. The van der Waals surface area contributed by atoms with Gasteiger partial charge in [0.15, 0.2) is 0 Å². The summed E-state index contributed by atoms with van der Waals surface area (Å²) in [7, 11) is 3.76. The van der Waals surface area contributed by atoms with Crippen LogP contribution in [0.5, 0.6) is 5.75 Å². The Kier molecular flexibility index (Phi) is 6.07. The summed E-state index contributed by atoms with van der Waals surface area (Å²) in [6.07, 6.45) is 7.41. The van der Waals surface area contributed by atoms with Crippen LogP contribution in [0, 0.1) is 0 Å². The van der Waals surface area contributed by atoms with E-state index in [9.17, 15) is 0 Å². The van der Waals surface area contributed by atoms with Gasteiger partial charge < -0.3 is 14.8 Å². The second-order valence-corrected chi connectivity index (χ2v) is 5.91. The molecule has 0 heterocycles. The molecule has 1 unspecified atom stereocenters. The highest BCUT2D eigenvalue weighted by molar-refractivity contribution is 5.32. The fourth-order valence-electron chi connectivity index (χ4n) is 3.69. The van der Waals surface area contributed by atoms with Gasteiger partial charge in [0.25, 0.3) is 0 Å². The van der Waals surface area contributed by atoms with E-state index in [0.29, 0.717) is 0 Å². The average Bonchev–Trinajstić information content (AvgIpc) is 2.75. The summed E-state index contributed by atoms with van der Waals surface area (Å²) < 4.78 is 11.7. The lowest BCUT2D eigenvalue weighted by Gasteiger charge is -2.40. The molecule has 2 rings (SSSR count). The zero-order chi connectivity index (χ0) is 15.1. The van der Waals surface area contributed by atoms with Gasteiger partial charge in [-0.05, 0) is 44.5 Å². The van der Waals surface area contributed by atoms with Gasteiger partial charge in [-0.1, -0.05) is 37.8 Å². The first-order valence-electron chi connectivity index (χ1n) is 8.21. The van der Waals surface area contributed by atoms with Gasteiger partial charge in [0.2, 0.25) is 0 Å². The fraction of sp³-hybridized carbons (Fsp3) is 0.667. The summed E-state index contributed by atoms with van der Waals surface area (Å²) in [5.41, 5.74) is 1.17. The van der Waals surface area contributed by atoms with Crippen LogP contribution in [0.15, 0.2) is 24.3 Å². The number of rotatable bonds is 6. The number of benzene rings is 1. The average molecular weight is 291 g/mol. The van der Waals surface area contributed by atoms with E-state index in [1.54, 1.807) is 7.11 Å². The zero-order valence-corrected chi connectivity index (χ0v) is 13.7. The van der Waals surface area contributed by atoms with E-state index in [-0.39, 0.29) is 11.6 Å². The summed E-state index contributed by atoms with van der Waals surface area (Å²) in [4.78, 5) is 0. The second kappa shape index (κ2) is 7.81. The zero-order valence-electron chi connectivity index (χ0n) is 13.7. The molecule has 0 spiro atoms. The summed E-state index contributed by atoms with van der Waals surface area (Å²) in [6, 6.07) is 8.58. The third-order valence-corrected chi connectivity index (χ3v) is 4.62. The molecular formula is C18H29NO2. The van der Waals surface area contributed by atoms with Crippen molar-refractivity contribution in [3.8, 4) is 5.75 Å². The largest absolute Gasteiger partial charge is 0.497 e. The van der Waals surface area contributed by atoms with Gasteiger partial charge in [-0.15, -0.1) is 0 Å². The lowest BCUT2D eigenvalue weighted by atomic mass is 9.82. The fourth-order valence-corrected chi connectivity index (χ4v) is 3.69. The summed E-state index contributed by atoms with van der Waals surface area (Å²) >= 11 is 0. The molecule has 1 aliphatic rings. The summed E-state index contributed by atoms with van der Waals surface area (Å²) in [5.74, 6) is 0.910. The van der Waals surface area contributed by atoms with Crippen molar-refractivity contribution in [2.75, 3.05) is 20.8 Å². The van der Waals surface area contributed by atoms with Gasteiger partial charge in [0.1, 0.15) is 5.75 Å². The lowest BCUT2D eigenvalue weighted by molar-refractivity contribution is -0.0767. The van der Waals surface area contributed by atoms with Gasteiger partial charge in [-0.25, -0.2) is 0 Å². The maximum atomic E-state index is 6.33. The second-order valence-electron chi connectivity index (χ2n) is 5.91. The molecule has 1 fully saturated rings. The smallest absolute Gasteiger partial charge is 0.119 e. The van der Waals surface area contributed by atoms with Gasteiger partial charge in [-0.2, -0.15) is 0 Å². The molecule has 0 saturated heterocycles. The summed E-state index contributed by atoms with van der Waals surface area (Å²) in [6.45, 7) is 2.87. The minimum atomic E-state index is -0.0909. The van der Waals surface area contributed by atoms with Crippen LogP contribution in [0.4, 0.5) is 0 Å². The number of hydrogen-bond acceptors (Lipinski definition) is 3. The van der Waals surface area contributed by atoms with Crippen molar-refractivity contribution in [3.05, 3.63) is 29.8 Å². The third-order valence-electron chi connectivity index (χ3n) is 4.62. The molecule has 0 radical (unpaired) electrons. The Morgan fingerprint density at radius 2 is 1.90 bits per heavy atom. The molecule has 118 valence electrons. The summed E-state index contributed by atoms with van der Waals surface area (Å²) in [5, 5.41) is 3.51. The van der Waals surface area contributed by atoms with E-state index in [1.165, 1.54) is 31.2 Å². The van der Waals surface area contributed by atoms with Gasteiger partial charge >= 0.3 is 0 Å². The maximum Gasteiger partial charge on any atom is 0.119 e. The number of hydrogen-bond donors (Lipinski definition) is 1. The van der Waals surface area contributed by atoms with Crippen molar-refractivity contribution in [2.45, 2.75) is 57.1 Å². The first-order chi connectivity index (χ1) is 10.3. The molecule has 3 nitrogen and oxygen atoms in total. The molecule has 0 bridgehead atoms. The van der Waals surface area contributed by atoms with E-state index in [0.717, 1.165) is 25.2 Å². The Morgan fingerprint density at radius 1 is 1.19 bits per heavy atom. The molecule has 1 N–H and O–H groups in total. The topological polar surface area (TPSA) is 30.5 Å². The first-order valence-corrected chi connectivity index (χ1v) is 8.21. The molecule has 1 aliphatic carbocycles. The Labute approximate surface area is 129 Å². The number of likely N-dealkylation sites (N-methyl/N-ethyl adjacent to an activating group) is 1. The van der Waals surface area contributed by atoms with Crippen molar-refractivity contribution in [1.29, 1.82) is 0 Å². The van der Waals surface area contributed by atoms with Crippen molar-refractivity contribution in [3.63, 3.8) is 0 Å². The predicted octanol–water partition coefficient (Wildman–Crippen LogP) is 4.09. The van der Waals surface area contributed by atoms with Crippen LogP contribution < -0.4 is 10.1 Å². The van der Waals surface area contributed by atoms with Crippen LogP contribution in [-0.4, -0.2) is 26.4 Å². The Morgan fingerprint density at radius 3 is 2.48 bits per heavy atom. The highest BCUT2D eigenvalue weighted by atomic mass is 16.5. The standard InChI is InChI=1S/C18H29NO2/c1-4-21-18(12-7-5-6-8-13-18)17(19-2)15-10-9-11-16(14-15)20-3/h9-11,14,17,19H,4-8,12-13H2,1-3H3. The van der Waals surface area contributed by atoms with Gasteiger partial charge in [0.05, 0.1) is 18.8 Å². The number of nitrogens with one attached hydrogen (secondary N) is 1. The molecular weight excluding hydrogens is 262 g/mol. The van der Waals surface area contributed by atoms with Crippen molar-refractivity contribution in [2.24, 2.45) is 0 Å². The molecule has 1 aromatic rings. The quantitative estimate of drug-likeness (QED) is 0.801. The first kappa shape index (κ1) is 16.3.